The first-order valence-corrected chi connectivity index (χ1v) is 14.3. The summed E-state index contributed by atoms with van der Waals surface area (Å²) in [4.78, 5) is 21.7. The lowest BCUT2D eigenvalue weighted by atomic mass is 10.0. The zero-order valence-corrected chi connectivity index (χ0v) is 22.8. The summed E-state index contributed by atoms with van der Waals surface area (Å²) in [5, 5.41) is 0. The highest BCUT2D eigenvalue weighted by Crippen LogP contribution is 2.27. The molecule has 7 nitrogen and oxygen atoms in total. The van der Waals surface area contributed by atoms with Crippen LogP contribution in [0.5, 0.6) is 5.75 Å². The number of benzene rings is 3. The van der Waals surface area contributed by atoms with Gasteiger partial charge in [0.15, 0.2) is 5.75 Å². The number of pyridine rings is 1. The summed E-state index contributed by atoms with van der Waals surface area (Å²) < 4.78 is 20.3. The van der Waals surface area contributed by atoms with Crippen molar-refractivity contribution >= 4 is 23.0 Å². The molecule has 4 aromatic rings. The zero-order chi connectivity index (χ0) is 27.0. The first-order valence-electron chi connectivity index (χ1n) is 13.0. The van der Waals surface area contributed by atoms with Gasteiger partial charge in [0.05, 0.1) is 24.7 Å². The van der Waals surface area contributed by atoms with Gasteiger partial charge >= 0.3 is 0 Å². The van der Waals surface area contributed by atoms with Crippen LogP contribution in [0.2, 0.25) is 0 Å². The van der Waals surface area contributed by atoms with E-state index < -0.39 is 11.4 Å². The predicted molar refractivity (Wildman–Crippen MR) is 156 cm³/mol. The number of rotatable bonds is 9. The molecule has 1 fully saturated rings. The number of methoxy groups -OCH3 is 1. The van der Waals surface area contributed by atoms with Crippen LogP contribution in [-0.4, -0.2) is 53.6 Å². The zero-order valence-electron chi connectivity index (χ0n) is 22.0. The van der Waals surface area contributed by atoms with E-state index in [-0.39, 0.29) is 11.7 Å². The van der Waals surface area contributed by atoms with Crippen LogP contribution in [0.1, 0.15) is 21.5 Å². The highest BCUT2D eigenvalue weighted by Gasteiger charge is 2.20. The largest absolute Gasteiger partial charge is 0.593 e. The Morgan fingerprint density at radius 2 is 1.67 bits per heavy atom. The summed E-state index contributed by atoms with van der Waals surface area (Å²) in [6.45, 7) is 4.53. The van der Waals surface area contributed by atoms with Gasteiger partial charge in [-0.05, 0) is 41.5 Å². The number of carbonyl (C=O) groups is 1. The maximum atomic E-state index is 12.6. The topological polar surface area (TPSA) is 80.8 Å². The van der Waals surface area contributed by atoms with Gasteiger partial charge in [-0.2, -0.15) is 4.72 Å². The third-order valence-corrected chi connectivity index (χ3v) is 7.89. The molecule has 1 aliphatic rings. The van der Waals surface area contributed by atoms with Crippen LogP contribution in [0.3, 0.4) is 0 Å². The van der Waals surface area contributed by atoms with Gasteiger partial charge in [0, 0.05) is 61.3 Å². The molecule has 2 heterocycles. The number of amides is 1. The number of hydrogen-bond acceptors (Lipinski definition) is 6. The number of anilines is 1. The summed E-state index contributed by atoms with van der Waals surface area (Å²) in [6, 6.07) is 27.5. The number of hydrogen-bond donors (Lipinski definition) is 1. The molecule has 0 saturated carbocycles. The van der Waals surface area contributed by atoms with E-state index in [1.165, 1.54) is 11.1 Å². The molecule has 1 N–H and O–H groups in total. The molecule has 200 valence electrons. The van der Waals surface area contributed by atoms with Crippen molar-refractivity contribution in [2.75, 3.05) is 38.2 Å². The second kappa shape index (κ2) is 12.8. The molecule has 0 bridgehead atoms. The van der Waals surface area contributed by atoms with Crippen molar-refractivity contribution in [3.05, 3.63) is 114 Å². The van der Waals surface area contributed by atoms with Crippen LogP contribution in [0, 0.1) is 0 Å². The van der Waals surface area contributed by atoms with Crippen molar-refractivity contribution in [2.24, 2.45) is 0 Å². The van der Waals surface area contributed by atoms with E-state index in [4.69, 9.17) is 4.74 Å². The lowest BCUT2D eigenvalue weighted by molar-refractivity contribution is 0.0981. The minimum atomic E-state index is -1.47. The van der Waals surface area contributed by atoms with E-state index in [0.29, 0.717) is 5.56 Å². The van der Waals surface area contributed by atoms with E-state index >= 15 is 0 Å². The van der Waals surface area contributed by atoms with Gasteiger partial charge in [0.1, 0.15) is 5.75 Å². The Morgan fingerprint density at radius 1 is 0.949 bits per heavy atom. The first-order chi connectivity index (χ1) is 19.1. The molecule has 1 aromatic heterocycles. The molecule has 1 atom stereocenters. The van der Waals surface area contributed by atoms with E-state index in [1.54, 1.807) is 25.4 Å². The fourth-order valence-electron chi connectivity index (χ4n) is 4.77. The van der Waals surface area contributed by atoms with Crippen molar-refractivity contribution in [3.63, 3.8) is 0 Å². The molecule has 39 heavy (non-hydrogen) atoms. The van der Waals surface area contributed by atoms with E-state index in [2.05, 4.69) is 43.8 Å². The monoisotopic (exact) mass is 540 g/mol. The second-order valence-electron chi connectivity index (χ2n) is 9.49. The van der Waals surface area contributed by atoms with Crippen LogP contribution < -0.4 is 14.4 Å². The average molecular weight is 541 g/mol. The molecule has 5 rings (SSSR count). The first kappa shape index (κ1) is 26.7. The summed E-state index contributed by atoms with van der Waals surface area (Å²) >= 11 is -1.47. The summed E-state index contributed by atoms with van der Waals surface area (Å²) in [7, 11) is 1.66. The van der Waals surface area contributed by atoms with Gasteiger partial charge in [0.25, 0.3) is 5.91 Å². The number of piperazine rings is 1. The van der Waals surface area contributed by atoms with Crippen LogP contribution in [-0.2, 0) is 23.7 Å². The van der Waals surface area contributed by atoms with Crippen molar-refractivity contribution in [1.82, 2.24) is 14.6 Å². The molecular formula is C31H32N4O3S. The van der Waals surface area contributed by atoms with Crippen molar-refractivity contribution in [2.45, 2.75) is 12.3 Å². The van der Waals surface area contributed by atoms with E-state index in [0.717, 1.165) is 55.3 Å². The van der Waals surface area contributed by atoms with Crippen LogP contribution in [0.4, 0.5) is 5.69 Å². The normalized spacial score (nSPS) is 14.6. The average Bonchev–Trinajstić information content (AvgIpc) is 2.98. The highest BCUT2D eigenvalue weighted by molar-refractivity contribution is 7.89. The minimum absolute atomic E-state index is 0.288. The van der Waals surface area contributed by atoms with Crippen molar-refractivity contribution in [3.8, 4) is 16.9 Å². The number of carbonyl (C=O) groups excluding carboxylic acids is 1. The predicted octanol–water partition coefficient (Wildman–Crippen LogP) is 4.67. The van der Waals surface area contributed by atoms with E-state index in [1.807, 2.05) is 54.7 Å². The molecule has 0 radical (unpaired) electrons. The maximum absolute atomic E-state index is 12.6. The Morgan fingerprint density at radius 3 is 2.41 bits per heavy atom. The summed E-state index contributed by atoms with van der Waals surface area (Å²) in [5.74, 6) is 0.709. The second-order valence-corrected chi connectivity index (χ2v) is 10.7. The Balaban J connectivity index is 1.15. The smallest absolute Gasteiger partial charge is 0.292 e. The third kappa shape index (κ3) is 6.97. The van der Waals surface area contributed by atoms with E-state index in [9.17, 15) is 9.35 Å². The minimum Gasteiger partial charge on any atom is -0.593 e. The molecule has 1 aliphatic heterocycles. The van der Waals surface area contributed by atoms with Crippen molar-refractivity contribution in [1.29, 1.82) is 0 Å². The van der Waals surface area contributed by atoms with Crippen molar-refractivity contribution < 1.29 is 14.1 Å². The standard InChI is InChI=1S/C31H32N4O3S/c1-38-29-19-27(20-32-21-29)30-10-6-5-9-26(30)22-34-15-17-35(18-16-34)28-13-11-25(12-14-28)31(36)33-39(37)23-24-7-3-2-4-8-24/h2-14,19-21H,15-18,22-23H2,1H3,(H,33,36). The quantitative estimate of drug-likeness (QED) is 0.311. The maximum Gasteiger partial charge on any atom is 0.292 e. The molecule has 1 saturated heterocycles. The van der Waals surface area contributed by atoms with Gasteiger partial charge in [0.2, 0.25) is 0 Å². The van der Waals surface area contributed by atoms with Crippen LogP contribution in [0.25, 0.3) is 11.1 Å². The Labute approximate surface area is 232 Å². The van der Waals surface area contributed by atoms with Gasteiger partial charge < -0.3 is 14.2 Å². The Hall–Kier alpha value is -3.85. The number of nitrogens with zero attached hydrogens (tertiary/aromatic N) is 3. The fraction of sp³-hybridized carbons (Fsp3) is 0.226. The van der Waals surface area contributed by atoms with Gasteiger partial charge in [-0.1, -0.05) is 54.6 Å². The highest BCUT2D eigenvalue weighted by atomic mass is 32.2. The van der Waals surface area contributed by atoms with Crippen LogP contribution >= 0.6 is 0 Å². The number of aromatic nitrogens is 1. The molecule has 0 aliphatic carbocycles. The number of ether oxygens (including phenoxy) is 1. The van der Waals surface area contributed by atoms with Crippen LogP contribution in [0.15, 0.2) is 97.3 Å². The summed E-state index contributed by atoms with van der Waals surface area (Å²) in [6.07, 6.45) is 3.60. The molecule has 0 spiro atoms. The Kier molecular flexibility index (Phi) is 8.78. The molecular weight excluding hydrogens is 508 g/mol. The SMILES string of the molecule is COc1cncc(-c2ccccc2CN2CCN(c3ccc(C(=O)N[S+]([O-])Cc4ccccc4)cc3)CC2)c1. The molecule has 1 unspecified atom stereocenters. The molecule has 3 aromatic carbocycles. The lowest BCUT2D eigenvalue weighted by Gasteiger charge is -2.36. The molecule has 8 heteroatoms. The van der Waals surface area contributed by atoms with Gasteiger partial charge in [-0.15, -0.1) is 0 Å². The lowest BCUT2D eigenvalue weighted by Crippen LogP contribution is -2.46. The number of nitrogens with one attached hydrogen (secondary N) is 1. The third-order valence-electron chi connectivity index (χ3n) is 6.89. The molecule has 1 amide bonds. The van der Waals surface area contributed by atoms with Gasteiger partial charge in [-0.25, -0.2) is 0 Å². The Bertz CT molecular complexity index is 1380. The summed E-state index contributed by atoms with van der Waals surface area (Å²) in [5.41, 5.74) is 6.00. The fourth-order valence-corrected chi connectivity index (χ4v) is 5.66. The van der Waals surface area contributed by atoms with Gasteiger partial charge in [-0.3, -0.25) is 14.7 Å².